The number of rotatable bonds is 4. The maximum atomic E-state index is 14.1. The number of methoxy groups -OCH3 is 1. The van der Waals surface area contributed by atoms with Crippen molar-refractivity contribution in [2.24, 2.45) is 5.92 Å². The molecule has 0 spiro atoms. The number of fused-ring (bicyclic) bond motifs is 3. The minimum absolute atomic E-state index is 0.00378. The second kappa shape index (κ2) is 8.69. The topological polar surface area (TPSA) is 63.6 Å². The molecule has 2 saturated carbocycles. The Morgan fingerprint density at radius 3 is 2.52 bits per heavy atom. The Morgan fingerprint density at radius 2 is 1.79 bits per heavy atom. The van der Waals surface area contributed by atoms with Gasteiger partial charge in [-0.15, -0.1) is 0 Å². The number of carbonyl (C=O) groups excluding carboxylic acids is 2. The van der Waals surface area contributed by atoms with Crippen LogP contribution in [0, 0.1) is 5.92 Å². The van der Waals surface area contributed by atoms with Gasteiger partial charge in [-0.05, 0) is 56.7 Å². The van der Waals surface area contributed by atoms with Crippen molar-refractivity contribution in [3.8, 4) is 5.75 Å². The predicted octanol–water partition coefficient (Wildman–Crippen LogP) is 4.89. The molecule has 6 nitrogen and oxygen atoms in total. The van der Waals surface area contributed by atoms with E-state index in [1.807, 2.05) is 40.7 Å². The molecule has 33 heavy (non-hydrogen) atoms. The van der Waals surface area contributed by atoms with Crippen LogP contribution in [0.4, 0.5) is 0 Å². The lowest BCUT2D eigenvalue weighted by Gasteiger charge is -2.51. The number of hydrogen-bond donors (Lipinski definition) is 1. The van der Waals surface area contributed by atoms with Crippen LogP contribution in [0.5, 0.6) is 5.75 Å². The lowest BCUT2D eigenvalue weighted by Crippen LogP contribution is -2.68. The maximum absolute atomic E-state index is 14.1. The number of nitrogens with zero attached hydrogens (tertiary/aromatic N) is 2. The Hall–Kier alpha value is -2.50. The van der Waals surface area contributed by atoms with E-state index in [1.54, 1.807) is 7.11 Å². The summed E-state index contributed by atoms with van der Waals surface area (Å²) in [7, 11) is 1.65. The van der Waals surface area contributed by atoms with E-state index >= 15 is 0 Å². The highest BCUT2D eigenvalue weighted by atomic mass is 16.5. The number of benzene rings is 1. The van der Waals surface area contributed by atoms with E-state index in [-0.39, 0.29) is 23.9 Å². The predicted molar refractivity (Wildman–Crippen MR) is 130 cm³/mol. The van der Waals surface area contributed by atoms with Gasteiger partial charge in [-0.3, -0.25) is 9.59 Å². The van der Waals surface area contributed by atoms with Crippen LogP contribution in [0.1, 0.15) is 82.1 Å². The van der Waals surface area contributed by atoms with Crippen LogP contribution in [0.15, 0.2) is 24.3 Å². The van der Waals surface area contributed by atoms with E-state index in [2.05, 4.69) is 12.2 Å². The SMILES string of the molecule is COc1ccc2cc3n(c2c1)C[C@](C)(C(=O)NC1CCCCC1)N([C@@H]1CCCC[C@@H]1C)C3=O. The van der Waals surface area contributed by atoms with Crippen molar-refractivity contribution >= 4 is 22.7 Å². The first kappa shape index (κ1) is 22.3. The number of amides is 2. The number of nitrogens with one attached hydrogen (secondary N) is 1. The molecule has 178 valence electrons. The van der Waals surface area contributed by atoms with E-state index in [0.717, 1.165) is 61.6 Å². The zero-order valence-electron chi connectivity index (χ0n) is 20.2. The Bertz CT molecular complexity index is 1050. The smallest absolute Gasteiger partial charge is 0.271 e. The number of aromatic nitrogens is 1. The number of carbonyl (C=O) groups is 2. The summed E-state index contributed by atoms with van der Waals surface area (Å²) < 4.78 is 7.50. The first-order valence-corrected chi connectivity index (χ1v) is 12.7. The molecule has 2 aromatic rings. The van der Waals surface area contributed by atoms with Gasteiger partial charge >= 0.3 is 0 Å². The molecule has 5 rings (SSSR count). The van der Waals surface area contributed by atoms with Gasteiger partial charge in [0.05, 0.1) is 19.2 Å². The normalized spacial score (nSPS) is 28.6. The first-order chi connectivity index (χ1) is 15.9. The molecule has 2 amide bonds. The van der Waals surface area contributed by atoms with Crippen molar-refractivity contribution in [1.29, 1.82) is 0 Å². The van der Waals surface area contributed by atoms with Gasteiger partial charge in [-0.1, -0.05) is 39.0 Å². The van der Waals surface area contributed by atoms with Crippen molar-refractivity contribution in [1.82, 2.24) is 14.8 Å². The molecule has 0 bridgehead atoms. The van der Waals surface area contributed by atoms with Gasteiger partial charge in [-0.25, -0.2) is 0 Å². The molecular formula is C27H37N3O3. The fourth-order valence-corrected chi connectivity index (χ4v) is 6.41. The monoisotopic (exact) mass is 451 g/mol. The van der Waals surface area contributed by atoms with Crippen molar-refractivity contribution < 1.29 is 14.3 Å². The summed E-state index contributed by atoms with van der Waals surface area (Å²) in [6.45, 7) is 4.69. The second-order valence-corrected chi connectivity index (χ2v) is 10.6. The van der Waals surface area contributed by atoms with E-state index in [4.69, 9.17) is 4.74 Å². The average molecular weight is 452 g/mol. The zero-order chi connectivity index (χ0) is 23.2. The highest BCUT2D eigenvalue weighted by Crippen LogP contribution is 2.40. The fourth-order valence-electron chi connectivity index (χ4n) is 6.41. The number of ether oxygens (including phenoxy) is 1. The van der Waals surface area contributed by atoms with Gasteiger partial charge in [0.15, 0.2) is 0 Å². The van der Waals surface area contributed by atoms with Crippen LogP contribution in [-0.2, 0) is 11.3 Å². The molecule has 1 aromatic carbocycles. The quantitative estimate of drug-likeness (QED) is 0.720. The van der Waals surface area contributed by atoms with E-state index in [0.29, 0.717) is 18.2 Å². The summed E-state index contributed by atoms with van der Waals surface area (Å²) in [5.74, 6) is 1.13. The minimum Gasteiger partial charge on any atom is -0.497 e. The molecule has 0 radical (unpaired) electrons. The summed E-state index contributed by atoms with van der Waals surface area (Å²) >= 11 is 0. The molecule has 1 N–H and O–H groups in total. The Labute approximate surface area is 196 Å². The van der Waals surface area contributed by atoms with Gasteiger partial charge in [0.2, 0.25) is 5.91 Å². The Morgan fingerprint density at radius 1 is 1.06 bits per heavy atom. The van der Waals surface area contributed by atoms with E-state index in [9.17, 15) is 9.59 Å². The van der Waals surface area contributed by atoms with Crippen LogP contribution in [0.2, 0.25) is 0 Å². The molecule has 0 saturated heterocycles. The van der Waals surface area contributed by atoms with Gasteiger partial charge in [0.25, 0.3) is 5.91 Å². The third-order valence-corrected chi connectivity index (χ3v) is 8.37. The standard InChI is InChI=1S/C27H37N3O3/c1-18-9-7-8-12-22(18)30-25(31)24-15-19-13-14-21(33-3)16-23(19)29(24)17-27(30,2)26(32)28-20-10-5-4-6-11-20/h13-16,18,20,22H,4-12,17H2,1-3H3,(H,28,32)/t18-,22+,27+/m0/s1. The van der Waals surface area contributed by atoms with E-state index < -0.39 is 5.54 Å². The van der Waals surface area contributed by atoms with E-state index in [1.165, 1.54) is 12.8 Å². The zero-order valence-corrected chi connectivity index (χ0v) is 20.2. The van der Waals surface area contributed by atoms with Gasteiger partial charge in [0.1, 0.15) is 17.0 Å². The minimum atomic E-state index is -0.924. The fraction of sp³-hybridized carbons (Fsp3) is 0.630. The third-order valence-electron chi connectivity index (χ3n) is 8.37. The van der Waals surface area contributed by atoms with Crippen LogP contribution in [-0.4, -0.2) is 46.0 Å². The Balaban J connectivity index is 1.58. The van der Waals surface area contributed by atoms with Crippen molar-refractivity contribution in [3.63, 3.8) is 0 Å². The highest BCUT2D eigenvalue weighted by Gasteiger charge is 2.51. The lowest BCUT2D eigenvalue weighted by atomic mass is 9.80. The van der Waals surface area contributed by atoms with Crippen molar-refractivity contribution in [2.45, 2.75) is 95.8 Å². The first-order valence-electron chi connectivity index (χ1n) is 12.7. The van der Waals surface area contributed by atoms with Crippen LogP contribution >= 0.6 is 0 Å². The third kappa shape index (κ3) is 3.81. The summed E-state index contributed by atoms with van der Waals surface area (Å²) in [4.78, 5) is 30.0. The lowest BCUT2D eigenvalue weighted by molar-refractivity contribution is -0.136. The van der Waals surface area contributed by atoms with Crippen LogP contribution < -0.4 is 10.1 Å². The second-order valence-electron chi connectivity index (χ2n) is 10.6. The van der Waals surface area contributed by atoms with Gasteiger partial charge in [-0.2, -0.15) is 0 Å². The van der Waals surface area contributed by atoms with Crippen LogP contribution in [0.3, 0.4) is 0 Å². The molecule has 1 aliphatic heterocycles. The van der Waals surface area contributed by atoms with Crippen LogP contribution in [0.25, 0.3) is 10.9 Å². The summed E-state index contributed by atoms with van der Waals surface area (Å²) in [5.41, 5.74) is 0.706. The molecule has 3 aliphatic rings. The summed E-state index contributed by atoms with van der Waals surface area (Å²) in [5, 5.41) is 4.36. The molecule has 1 aromatic heterocycles. The molecule has 6 heteroatoms. The number of hydrogen-bond acceptors (Lipinski definition) is 3. The summed E-state index contributed by atoms with van der Waals surface area (Å²) in [6.07, 6.45) is 10.0. The molecule has 2 aliphatic carbocycles. The summed E-state index contributed by atoms with van der Waals surface area (Å²) in [6, 6.07) is 8.19. The molecule has 2 heterocycles. The molecule has 3 atom stereocenters. The average Bonchev–Trinajstić information content (AvgIpc) is 3.18. The maximum Gasteiger partial charge on any atom is 0.271 e. The molecule has 0 unspecified atom stereocenters. The van der Waals surface area contributed by atoms with Crippen molar-refractivity contribution in [2.75, 3.05) is 7.11 Å². The van der Waals surface area contributed by atoms with Gasteiger partial charge in [0, 0.05) is 23.5 Å². The molecular weight excluding hydrogens is 414 g/mol. The molecule has 2 fully saturated rings. The van der Waals surface area contributed by atoms with Gasteiger partial charge < -0.3 is 19.5 Å². The van der Waals surface area contributed by atoms with Crippen molar-refractivity contribution in [3.05, 3.63) is 30.0 Å². The largest absolute Gasteiger partial charge is 0.497 e. The highest BCUT2D eigenvalue weighted by molar-refractivity contribution is 6.04. The Kier molecular flexibility index (Phi) is 5.87.